The second-order valence-electron chi connectivity index (χ2n) is 6.99. The molecule has 1 aliphatic rings. The van der Waals surface area contributed by atoms with Crippen LogP contribution in [0.15, 0.2) is 48.5 Å². The van der Waals surface area contributed by atoms with E-state index in [9.17, 15) is 9.59 Å². The van der Waals surface area contributed by atoms with Crippen molar-refractivity contribution >= 4 is 23.6 Å². The Kier molecular flexibility index (Phi) is 6.89. The third-order valence-corrected chi connectivity index (χ3v) is 4.39. The molecule has 0 spiro atoms. The van der Waals surface area contributed by atoms with Crippen LogP contribution in [0.5, 0.6) is 11.5 Å². The first-order valence-electron chi connectivity index (χ1n) is 9.66. The second kappa shape index (κ2) is 9.78. The SMILES string of the molecule is CC(C)c1ccccc1NC(=O)COC(=O)/C=C/c1ccc2c(c1)OCCCO2. The molecule has 2 aromatic rings. The average Bonchev–Trinajstić information content (AvgIpc) is 2.96. The topological polar surface area (TPSA) is 73.9 Å². The van der Waals surface area contributed by atoms with Gasteiger partial charge in [0.2, 0.25) is 0 Å². The molecule has 3 rings (SSSR count). The number of carbonyl (C=O) groups is 2. The molecule has 0 saturated heterocycles. The summed E-state index contributed by atoms with van der Waals surface area (Å²) in [5, 5.41) is 2.79. The van der Waals surface area contributed by atoms with E-state index in [1.807, 2.05) is 36.4 Å². The third-order valence-electron chi connectivity index (χ3n) is 4.39. The maximum atomic E-state index is 12.1. The lowest BCUT2D eigenvalue weighted by Gasteiger charge is -2.13. The standard InChI is InChI=1S/C23H25NO5/c1-16(2)18-6-3-4-7-19(18)24-22(25)15-29-23(26)11-9-17-8-10-20-21(14-17)28-13-5-12-27-20/h3-4,6-11,14,16H,5,12-13,15H2,1-2H3,(H,24,25)/b11-9+. The van der Waals surface area contributed by atoms with Crippen molar-refractivity contribution in [3.05, 3.63) is 59.7 Å². The van der Waals surface area contributed by atoms with Crippen LogP contribution in [-0.2, 0) is 14.3 Å². The van der Waals surface area contributed by atoms with Gasteiger partial charge in [0.25, 0.3) is 5.91 Å². The van der Waals surface area contributed by atoms with Crippen molar-refractivity contribution in [3.63, 3.8) is 0 Å². The van der Waals surface area contributed by atoms with Crippen LogP contribution in [0.25, 0.3) is 6.08 Å². The predicted octanol–water partition coefficient (Wildman–Crippen LogP) is 4.17. The largest absolute Gasteiger partial charge is 0.490 e. The van der Waals surface area contributed by atoms with Crippen LogP contribution >= 0.6 is 0 Å². The maximum Gasteiger partial charge on any atom is 0.331 e. The average molecular weight is 395 g/mol. The lowest BCUT2D eigenvalue weighted by atomic mass is 10.0. The fourth-order valence-corrected chi connectivity index (χ4v) is 2.93. The molecule has 0 bridgehead atoms. The van der Waals surface area contributed by atoms with E-state index in [0.29, 0.717) is 24.7 Å². The molecular formula is C23H25NO5. The summed E-state index contributed by atoms with van der Waals surface area (Å²) < 4.78 is 16.2. The summed E-state index contributed by atoms with van der Waals surface area (Å²) >= 11 is 0. The molecule has 1 N–H and O–H groups in total. The number of nitrogens with one attached hydrogen (secondary N) is 1. The summed E-state index contributed by atoms with van der Waals surface area (Å²) in [5.74, 6) is 0.647. The van der Waals surface area contributed by atoms with Gasteiger partial charge in [0.1, 0.15) is 0 Å². The van der Waals surface area contributed by atoms with Gasteiger partial charge in [0, 0.05) is 18.2 Å². The van der Waals surface area contributed by atoms with E-state index in [1.165, 1.54) is 6.08 Å². The quantitative estimate of drug-likeness (QED) is 0.587. The Morgan fingerprint density at radius 1 is 1.10 bits per heavy atom. The zero-order valence-corrected chi connectivity index (χ0v) is 16.6. The molecule has 29 heavy (non-hydrogen) atoms. The molecule has 152 valence electrons. The van der Waals surface area contributed by atoms with E-state index in [4.69, 9.17) is 14.2 Å². The summed E-state index contributed by atoms with van der Waals surface area (Å²) in [6.45, 7) is 4.97. The van der Waals surface area contributed by atoms with Gasteiger partial charge in [-0.2, -0.15) is 0 Å². The monoisotopic (exact) mass is 395 g/mol. The number of amides is 1. The van der Waals surface area contributed by atoms with Gasteiger partial charge in [0.05, 0.1) is 13.2 Å². The highest BCUT2D eigenvalue weighted by Gasteiger charge is 2.12. The summed E-state index contributed by atoms with van der Waals surface area (Å²) in [6.07, 6.45) is 3.73. The third kappa shape index (κ3) is 5.85. The molecule has 2 aromatic carbocycles. The van der Waals surface area contributed by atoms with Gasteiger partial charge in [0.15, 0.2) is 18.1 Å². The predicted molar refractivity (Wildman–Crippen MR) is 111 cm³/mol. The van der Waals surface area contributed by atoms with Crippen molar-refractivity contribution in [1.82, 2.24) is 0 Å². The van der Waals surface area contributed by atoms with Crippen molar-refractivity contribution in [2.45, 2.75) is 26.2 Å². The molecule has 6 nitrogen and oxygen atoms in total. The number of esters is 1. The van der Waals surface area contributed by atoms with E-state index in [0.717, 1.165) is 23.2 Å². The van der Waals surface area contributed by atoms with Crippen LogP contribution in [0.4, 0.5) is 5.69 Å². The maximum absolute atomic E-state index is 12.1. The Balaban J connectivity index is 1.52. The van der Waals surface area contributed by atoms with Gasteiger partial charge in [-0.05, 0) is 41.3 Å². The summed E-state index contributed by atoms with van der Waals surface area (Å²) in [5.41, 5.74) is 2.54. The normalized spacial score (nSPS) is 13.2. The molecule has 6 heteroatoms. The molecule has 0 fully saturated rings. The van der Waals surface area contributed by atoms with Gasteiger partial charge in [-0.15, -0.1) is 0 Å². The number of benzene rings is 2. The fraction of sp³-hybridized carbons (Fsp3) is 0.304. The number of hydrogen-bond acceptors (Lipinski definition) is 5. The molecule has 0 radical (unpaired) electrons. The summed E-state index contributed by atoms with van der Waals surface area (Å²) in [6, 6.07) is 13.0. The number of rotatable bonds is 6. The van der Waals surface area contributed by atoms with Crippen LogP contribution in [-0.4, -0.2) is 31.7 Å². The van der Waals surface area contributed by atoms with Crippen LogP contribution < -0.4 is 14.8 Å². The number of hydrogen-bond donors (Lipinski definition) is 1. The molecule has 1 aliphatic heterocycles. The van der Waals surface area contributed by atoms with E-state index < -0.39 is 5.97 Å². The fourth-order valence-electron chi connectivity index (χ4n) is 2.93. The Hall–Kier alpha value is -3.28. The Labute approximate surface area is 170 Å². The van der Waals surface area contributed by atoms with Gasteiger partial charge in [-0.25, -0.2) is 4.79 Å². The Bertz CT molecular complexity index is 904. The van der Waals surface area contributed by atoms with Gasteiger partial charge < -0.3 is 19.5 Å². The van der Waals surface area contributed by atoms with Gasteiger partial charge in [-0.3, -0.25) is 4.79 Å². The van der Waals surface area contributed by atoms with E-state index in [-0.39, 0.29) is 18.4 Å². The smallest absolute Gasteiger partial charge is 0.331 e. The zero-order valence-electron chi connectivity index (χ0n) is 16.6. The summed E-state index contributed by atoms with van der Waals surface area (Å²) in [7, 11) is 0. The van der Waals surface area contributed by atoms with E-state index in [2.05, 4.69) is 19.2 Å². The molecule has 0 unspecified atom stereocenters. The first-order valence-corrected chi connectivity index (χ1v) is 9.66. The first kappa shape index (κ1) is 20.5. The molecule has 0 aliphatic carbocycles. The number of para-hydroxylation sites is 1. The van der Waals surface area contributed by atoms with Gasteiger partial charge in [-0.1, -0.05) is 38.1 Å². The second-order valence-corrected chi connectivity index (χ2v) is 6.99. The first-order chi connectivity index (χ1) is 14.0. The minimum absolute atomic E-state index is 0.271. The number of ether oxygens (including phenoxy) is 3. The molecule has 0 saturated carbocycles. The van der Waals surface area contributed by atoms with Crippen molar-refractivity contribution in [2.75, 3.05) is 25.1 Å². The molecule has 0 atom stereocenters. The highest BCUT2D eigenvalue weighted by molar-refractivity contribution is 5.95. The molecule has 1 heterocycles. The highest BCUT2D eigenvalue weighted by atomic mass is 16.5. The van der Waals surface area contributed by atoms with Crippen LogP contribution in [0, 0.1) is 0 Å². The lowest BCUT2D eigenvalue weighted by molar-refractivity contribution is -0.142. The lowest BCUT2D eigenvalue weighted by Crippen LogP contribution is -2.21. The van der Waals surface area contributed by atoms with Crippen LogP contribution in [0.3, 0.4) is 0 Å². The molecule has 1 amide bonds. The Morgan fingerprint density at radius 2 is 1.86 bits per heavy atom. The highest BCUT2D eigenvalue weighted by Crippen LogP contribution is 2.30. The van der Waals surface area contributed by atoms with Crippen LogP contribution in [0.1, 0.15) is 37.3 Å². The van der Waals surface area contributed by atoms with Crippen molar-refractivity contribution in [2.24, 2.45) is 0 Å². The number of anilines is 1. The zero-order chi connectivity index (χ0) is 20.6. The number of fused-ring (bicyclic) bond motifs is 1. The minimum Gasteiger partial charge on any atom is -0.490 e. The summed E-state index contributed by atoms with van der Waals surface area (Å²) in [4.78, 5) is 24.1. The molecule has 0 aromatic heterocycles. The van der Waals surface area contributed by atoms with E-state index >= 15 is 0 Å². The van der Waals surface area contributed by atoms with Crippen LogP contribution in [0.2, 0.25) is 0 Å². The molecular weight excluding hydrogens is 370 g/mol. The van der Waals surface area contributed by atoms with Crippen molar-refractivity contribution < 1.29 is 23.8 Å². The van der Waals surface area contributed by atoms with Gasteiger partial charge >= 0.3 is 5.97 Å². The number of carbonyl (C=O) groups excluding carboxylic acids is 2. The Morgan fingerprint density at radius 3 is 2.66 bits per heavy atom. The van der Waals surface area contributed by atoms with E-state index in [1.54, 1.807) is 12.1 Å². The minimum atomic E-state index is -0.593. The van der Waals surface area contributed by atoms with Crippen molar-refractivity contribution in [3.8, 4) is 11.5 Å². The van der Waals surface area contributed by atoms with Crippen molar-refractivity contribution in [1.29, 1.82) is 0 Å².